The second-order valence-corrected chi connectivity index (χ2v) is 16.7. The molecule has 0 saturated heterocycles. The van der Waals surface area contributed by atoms with E-state index in [-0.39, 0.29) is 62.2 Å². The molecule has 0 radical (unpaired) electrons. The second kappa shape index (κ2) is 13.7. The summed E-state index contributed by atoms with van der Waals surface area (Å²) < 4.78 is 57.2. The molecule has 3 aromatic rings. The second-order valence-electron chi connectivity index (χ2n) is 11.4. The molecule has 0 atom stereocenters. The molecule has 12 heteroatoms. The van der Waals surface area contributed by atoms with Crippen molar-refractivity contribution in [2.24, 2.45) is 0 Å². The molecule has 2 amide bonds. The molecular weight excluding hydrogens is 688 g/mol. The van der Waals surface area contributed by atoms with Crippen molar-refractivity contribution < 1.29 is 53.1 Å². The van der Waals surface area contributed by atoms with Gasteiger partial charge in [-0.25, -0.2) is 0 Å². The Bertz CT molecular complexity index is 1580. The molecule has 0 spiro atoms. The SMILES string of the molecule is CNC(=O)COc1cc(C[I-]C2CCC2)cc(S(=O)(=O)n2cc(CN(C)C(=O)OC(C)(C)C)cc2-c2ccccc2F)c1. The fraction of sp³-hybridized carbons (Fsp3) is 0.419. The van der Waals surface area contributed by atoms with Crippen LogP contribution in [0.3, 0.4) is 0 Å². The molecular formula is C31H38FIN3O6S-. The van der Waals surface area contributed by atoms with Gasteiger partial charge in [-0.15, -0.1) is 0 Å². The molecule has 4 rings (SSSR count). The first-order valence-electron chi connectivity index (χ1n) is 14.0. The van der Waals surface area contributed by atoms with Gasteiger partial charge in [0.25, 0.3) is 0 Å². The molecule has 2 aromatic carbocycles. The van der Waals surface area contributed by atoms with Crippen molar-refractivity contribution in [1.82, 2.24) is 14.2 Å². The van der Waals surface area contributed by atoms with Crippen molar-refractivity contribution in [3.63, 3.8) is 0 Å². The Balaban J connectivity index is 1.75. The van der Waals surface area contributed by atoms with Gasteiger partial charge in [0.2, 0.25) is 0 Å². The number of ether oxygens (including phenoxy) is 2. The first-order chi connectivity index (χ1) is 20.3. The predicted molar refractivity (Wildman–Crippen MR) is 157 cm³/mol. The monoisotopic (exact) mass is 726 g/mol. The number of hydrogen-bond acceptors (Lipinski definition) is 6. The molecule has 234 valence electrons. The summed E-state index contributed by atoms with van der Waals surface area (Å²) in [5.74, 6) is -0.665. The third-order valence-corrected chi connectivity index (χ3v) is 12.2. The summed E-state index contributed by atoms with van der Waals surface area (Å²) in [6.45, 7) is 5.04. The van der Waals surface area contributed by atoms with Crippen LogP contribution in [-0.2, 0) is 30.5 Å². The van der Waals surface area contributed by atoms with E-state index in [0.717, 1.165) is 17.9 Å². The van der Waals surface area contributed by atoms with Crippen LogP contribution < -0.4 is 31.3 Å². The van der Waals surface area contributed by atoms with E-state index in [9.17, 15) is 18.0 Å². The van der Waals surface area contributed by atoms with Crippen LogP contribution in [0.2, 0.25) is 0 Å². The van der Waals surface area contributed by atoms with Gasteiger partial charge in [-0.1, -0.05) is 0 Å². The number of likely N-dealkylation sites (N-methyl/N-ethyl adjacent to an activating group) is 1. The standard InChI is InChI=1S/C31H38FIN3O6S/c1-31(2,3)42-30(38)35(5)18-22-15-28(26-11-6-7-12-27(26)32)36(19-22)43(39,40)25-14-21(17-33-23-9-8-10-23)13-24(16-25)41-20-29(37)34-4/h6-7,11-16,19,23H,8-10,17-18,20H2,1-5H3,(H,34,37)/q-1. The summed E-state index contributed by atoms with van der Waals surface area (Å²) in [6, 6.07) is 12.3. The third kappa shape index (κ3) is 8.49. The Morgan fingerprint density at radius 3 is 2.47 bits per heavy atom. The molecule has 1 N–H and O–H groups in total. The normalized spacial score (nSPS) is 13.8. The maximum atomic E-state index is 15.0. The number of alkyl halides is 2. The number of nitrogens with zero attached hydrogens (tertiary/aromatic N) is 2. The zero-order valence-corrected chi connectivity index (χ0v) is 28.0. The molecule has 0 aliphatic heterocycles. The summed E-state index contributed by atoms with van der Waals surface area (Å²) in [6.07, 6.45) is 4.48. The van der Waals surface area contributed by atoms with Crippen LogP contribution in [0, 0.1) is 5.82 Å². The summed E-state index contributed by atoms with van der Waals surface area (Å²) in [5.41, 5.74) is 0.796. The Kier molecular flexibility index (Phi) is 10.4. The van der Waals surface area contributed by atoms with Gasteiger partial charge in [0.1, 0.15) is 5.60 Å². The van der Waals surface area contributed by atoms with Crippen LogP contribution in [0.25, 0.3) is 11.3 Å². The number of halogens is 2. The number of carbonyl (C=O) groups is 2. The van der Waals surface area contributed by atoms with Crippen molar-refractivity contribution >= 4 is 22.0 Å². The molecule has 43 heavy (non-hydrogen) atoms. The fourth-order valence-corrected chi connectivity index (χ4v) is 9.12. The maximum absolute atomic E-state index is 15.0. The van der Waals surface area contributed by atoms with Crippen molar-refractivity contribution in [3.05, 3.63) is 71.7 Å². The quantitative estimate of drug-likeness (QED) is 0.240. The van der Waals surface area contributed by atoms with E-state index >= 15 is 4.39 Å². The number of carbonyl (C=O) groups excluding carboxylic acids is 2. The minimum atomic E-state index is -4.27. The zero-order chi connectivity index (χ0) is 31.4. The summed E-state index contributed by atoms with van der Waals surface area (Å²) in [5, 5.41) is 2.49. The van der Waals surface area contributed by atoms with Gasteiger partial charge in [-0.2, -0.15) is 0 Å². The van der Waals surface area contributed by atoms with Crippen LogP contribution in [-0.4, -0.2) is 59.5 Å². The van der Waals surface area contributed by atoms with Crippen LogP contribution in [0.4, 0.5) is 9.18 Å². The zero-order valence-electron chi connectivity index (χ0n) is 25.0. The number of rotatable bonds is 11. The molecule has 1 heterocycles. The van der Waals surface area contributed by atoms with Crippen molar-refractivity contribution in [3.8, 4) is 17.0 Å². The van der Waals surface area contributed by atoms with E-state index in [4.69, 9.17) is 9.47 Å². The van der Waals surface area contributed by atoms with Gasteiger partial charge < -0.3 is 0 Å². The topological polar surface area (TPSA) is 107 Å². The van der Waals surface area contributed by atoms with E-state index in [0.29, 0.717) is 5.56 Å². The molecule has 0 unspecified atom stereocenters. The van der Waals surface area contributed by atoms with Crippen molar-refractivity contribution in [2.75, 3.05) is 20.7 Å². The third-order valence-electron chi connectivity index (χ3n) is 6.75. The molecule has 1 aromatic heterocycles. The predicted octanol–water partition coefficient (Wildman–Crippen LogP) is 2.16. The summed E-state index contributed by atoms with van der Waals surface area (Å²) in [4.78, 5) is 25.8. The summed E-state index contributed by atoms with van der Waals surface area (Å²) >= 11 is -0.179. The molecule has 1 aliphatic rings. The van der Waals surface area contributed by atoms with Gasteiger partial charge in [0.15, 0.2) is 0 Å². The Hall–Kier alpha value is -3.13. The average Bonchev–Trinajstić information content (AvgIpc) is 3.34. The first kappa shape index (κ1) is 32.8. The van der Waals surface area contributed by atoms with E-state index in [2.05, 4.69) is 5.32 Å². The average molecular weight is 727 g/mol. The summed E-state index contributed by atoms with van der Waals surface area (Å²) in [7, 11) is -1.23. The van der Waals surface area contributed by atoms with Gasteiger partial charge >= 0.3 is 238 Å². The Labute approximate surface area is 263 Å². The van der Waals surface area contributed by atoms with E-state index in [1.54, 1.807) is 52.1 Å². The van der Waals surface area contributed by atoms with Gasteiger partial charge in [-0.05, 0) is 20.8 Å². The molecule has 0 bridgehead atoms. The van der Waals surface area contributed by atoms with E-state index < -0.39 is 27.5 Å². The van der Waals surface area contributed by atoms with Crippen molar-refractivity contribution in [2.45, 2.75) is 65.4 Å². The van der Waals surface area contributed by atoms with Crippen LogP contribution >= 0.6 is 0 Å². The first-order valence-corrected chi connectivity index (χ1v) is 18.2. The van der Waals surface area contributed by atoms with Gasteiger partial charge in [0.05, 0.1) is 0 Å². The molecule has 1 saturated carbocycles. The Morgan fingerprint density at radius 1 is 1.12 bits per heavy atom. The van der Waals surface area contributed by atoms with E-state index in [1.807, 2.05) is 0 Å². The van der Waals surface area contributed by atoms with Gasteiger partial charge in [-0.3, -0.25) is 0 Å². The number of benzene rings is 2. The molecule has 1 fully saturated rings. The van der Waals surface area contributed by atoms with Gasteiger partial charge in [0, 0.05) is 0 Å². The number of amides is 2. The van der Waals surface area contributed by atoms with Crippen molar-refractivity contribution in [1.29, 1.82) is 0 Å². The van der Waals surface area contributed by atoms with Crippen LogP contribution in [0.5, 0.6) is 5.75 Å². The Morgan fingerprint density at radius 2 is 1.84 bits per heavy atom. The number of nitrogens with one attached hydrogen (secondary N) is 1. The van der Waals surface area contributed by atoms with E-state index in [1.165, 1.54) is 61.7 Å². The number of aromatic nitrogens is 1. The molecule has 1 aliphatic carbocycles. The fourth-order valence-electron chi connectivity index (χ4n) is 4.31. The van der Waals surface area contributed by atoms with Crippen LogP contribution in [0.15, 0.2) is 59.6 Å². The minimum absolute atomic E-state index is 0.0326. The number of hydrogen-bond donors (Lipinski definition) is 1. The molecule has 9 nitrogen and oxygen atoms in total. The van der Waals surface area contributed by atoms with Crippen LogP contribution in [0.1, 0.15) is 51.2 Å².